The van der Waals surface area contributed by atoms with Gasteiger partial charge < -0.3 is 13.9 Å². The van der Waals surface area contributed by atoms with Crippen LogP contribution in [0.4, 0.5) is 0 Å². The summed E-state index contributed by atoms with van der Waals surface area (Å²) in [5, 5.41) is 0. The summed E-state index contributed by atoms with van der Waals surface area (Å²) >= 11 is 0. The van der Waals surface area contributed by atoms with E-state index in [1.165, 1.54) is 37.4 Å². The van der Waals surface area contributed by atoms with Crippen molar-refractivity contribution in [2.75, 3.05) is 13.4 Å². The van der Waals surface area contributed by atoms with Crippen LogP contribution in [0.15, 0.2) is 39.6 Å². The van der Waals surface area contributed by atoms with Gasteiger partial charge >= 0.3 is 11.9 Å². The molecule has 0 amide bonds. The summed E-state index contributed by atoms with van der Waals surface area (Å²) in [6.07, 6.45) is 1.08. The molecule has 0 radical (unpaired) electrons. The Morgan fingerprint density at radius 3 is 2.29 bits per heavy atom. The molecule has 1 heterocycles. The molecule has 0 bridgehead atoms. The first-order valence-electron chi connectivity index (χ1n) is 6.87. The molecule has 1 aromatic carbocycles. The number of carbonyl (C=O) groups is 2. The summed E-state index contributed by atoms with van der Waals surface area (Å²) in [7, 11) is -2.07. The lowest BCUT2D eigenvalue weighted by Crippen LogP contribution is -2.06. The fourth-order valence-electron chi connectivity index (χ4n) is 1.99. The molecule has 0 fully saturated rings. The third-order valence-electron chi connectivity index (χ3n) is 3.24. The number of sulfone groups is 1. The first kappa shape index (κ1) is 17.7. The van der Waals surface area contributed by atoms with Gasteiger partial charge in [0.25, 0.3) is 0 Å². The maximum atomic E-state index is 12.0. The molecule has 2 rings (SSSR count). The van der Waals surface area contributed by atoms with Crippen molar-refractivity contribution in [3.8, 4) is 0 Å². The van der Waals surface area contributed by atoms with Crippen molar-refractivity contribution in [2.45, 2.75) is 18.4 Å². The van der Waals surface area contributed by atoms with Gasteiger partial charge in [-0.3, -0.25) is 0 Å². The Labute approximate surface area is 139 Å². The van der Waals surface area contributed by atoms with Gasteiger partial charge in [-0.15, -0.1) is 0 Å². The monoisotopic (exact) mass is 352 g/mol. The first-order chi connectivity index (χ1) is 11.2. The van der Waals surface area contributed by atoms with E-state index in [0.717, 1.165) is 6.26 Å². The number of hydrogen-bond acceptors (Lipinski definition) is 7. The van der Waals surface area contributed by atoms with E-state index in [-0.39, 0.29) is 22.6 Å². The predicted molar refractivity (Wildman–Crippen MR) is 83.5 cm³/mol. The number of aryl methyl sites for hydroxylation is 1. The van der Waals surface area contributed by atoms with Gasteiger partial charge in [0.2, 0.25) is 0 Å². The second-order valence-corrected chi connectivity index (χ2v) is 7.06. The van der Waals surface area contributed by atoms with Crippen molar-refractivity contribution in [1.82, 2.24) is 0 Å². The lowest BCUT2D eigenvalue weighted by Gasteiger charge is -2.04. The number of methoxy groups -OCH3 is 1. The Balaban J connectivity index is 2.04. The number of ether oxygens (including phenoxy) is 2. The zero-order valence-corrected chi connectivity index (χ0v) is 14.2. The smallest absolute Gasteiger partial charge is 0.341 e. The molecule has 0 spiro atoms. The lowest BCUT2D eigenvalue weighted by molar-refractivity contribution is 0.0443. The molecule has 128 valence electrons. The largest absolute Gasteiger partial charge is 0.465 e. The molecule has 0 aliphatic heterocycles. The highest BCUT2D eigenvalue weighted by Crippen LogP contribution is 2.17. The Bertz CT molecular complexity index is 860. The van der Waals surface area contributed by atoms with E-state index in [4.69, 9.17) is 9.15 Å². The number of esters is 2. The van der Waals surface area contributed by atoms with E-state index >= 15 is 0 Å². The van der Waals surface area contributed by atoms with Crippen molar-refractivity contribution in [1.29, 1.82) is 0 Å². The number of hydrogen-bond donors (Lipinski definition) is 0. The van der Waals surface area contributed by atoms with E-state index in [1.54, 1.807) is 6.92 Å². The highest BCUT2D eigenvalue weighted by atomic mass is 32.2. The fraction of sp³-hybridized carbons (Fsp3) is 0.250. The zero-order valence-electron chi connectivity index (χ0n) is 13.4. The Morgan fingerprint density at radius 2 is 1.75 bits per heavy atom. The Kier molecular flexibility index (Phi) is 5.08. The van der Waals surface area contributed by atoms with Crippen LogP contribution in [0.25, 0.3) is 0 Å². The van der Waals surface area contributed by atoms with E-state index in [0.29, 0.717) is 11.5 Å². The van der Waals surface area contributed by atoms with Crippen LogP contribution in [-0.4, -0.2) is 33.7 Å². The summed E-state index contributed by atoms with van der Waals surface area (Å²) in [6, 6.07) is 6.84. The Hall–Kier alpha value is -2.61. The third-order valence-corrected chi connectivity index (χ3v) is 4.37. The van der Waals surface area contributed by atoms with Crippen LogP contribution < -0.4 is 0 Å². The summed E-state index contributed by atoms with van der Waals surface area (Å²) in [5.41, 5.74) is 0.472. The molecule has 8 heteroatoms. The van der Waals surface area contributed by atoms with Crippen molar-refractivity contribution < 1.29 is 31.9 Å². The second-order valence-electron chi connectivity index (χ2n) is 5.05. The average Bonchev–Trinajstić information content (AvgIpc) is 2.92. The minimum Gasteiger partial charge on any atom is -0.465 e. The van der Waals surface area contributed by atoms with E-state index in [1.807, 2.05) is 0 Å². The fourth-order valence-corrected chi connectivity index (χ4v) is 2.62. The van der Waals surface area contributed by atoms with Gasteiger partial charge in [-0.25, -0.2) is 18.0 Å². The van der Waals surface area contributed by atoms with Gasteiger partial charge in [0.05, 0.1) is 17.6 Å². The standard InChI is InChI=1S/C16H16O7S/c1-10-14(16(18)21-2)8-12(23-10)9-22-15(17)11-4-6-13(7-5-11)24(3,19)20/h4-8H,9H2,1-3H3. The van der Waals surface area contributed by atoms with Gasteiger partial charge in [0.1, 0.15) is 23.7 Å². The van der Waals surface area contributed by atoms with Crippen LogP contribution >= 0.6 is 0 Å². The van der Waals surface area contributed by atoms with Crippen LogP contribution in [-0.2, 0) is 25.9 Å². The summed E-state index contributed by atoms with van der Waals surface area (Å²) in [4.78, 5) is 23.6. The second kappa shape index (κ2) is 6.88. The highest BCUT2D eigenvalue weighted by Gasteiger charge is 2.17. The van der Waals surface area contributed by atoms with Crippen LogP contribution in [0, 0.1) is 6.92 Å². The predicted octanol–water partition coefficient (Wildman–Crippen LogP) is 2.14. The molecular formula is C16H16O7S. The molecular weight excluding hydrogens is 336 g/mol. The normalized spacial score (nSPS) is 11.1. The summed E-state index contributed by atoms with van der Waals surface area (Å²) in [5.74, 6) is -0.506. The SMILES string of the molecule is COC(=O)c1cc(COC(=O)c2ccc(S(C)(=O)=O)cc2)oc1C. The quantitative estimate of drug-likeness (QED) is 0.760. The van der Waals surface area contributed by atoms with Gasteiger partial charge in [0.15, 0.2) is 9.84 Å². The summed E-state index contributed by atoms with van der Waals surface area (Å²) < 4.78 is 37.8. The zero-order chi connectivity index (χ0) is 17.9. The van der Waals surface area contributed by atoms with Crippen LogP contribution in [0.3, 0.4) is 0 Å². The molecule has 0 aliphatic rings. The van der Waals surface area contributed by atoms with Crippen molar-refractivity contribution in [3.05, 3.63) is 53.0 Å². The molecule has 0 saturated heterocycles. The van der Waals surface area contributed by atoms with Crippen LogP contribution in [0.5, 0.6) is 0 Å². The number of furan rings is 1. The number of rotatable bonds is 5. The van der Waals surface area contributed by atoms with Crippen LogP contribution in [0.2, 0.25) is 0 Å². The lowest BCUT2D eigenvalue weighted by atomic mass is 10.2. The summed E-state index contributed by atoms with van der Waals surface area (Å²) in [6.45, 7) is 1.44. The van der Waals surface area contributed by atoms with Gasteiger partial charge in [-0.05, 0) is 37.3 Å². The maximum absolute atomic E-state index is 12.0. The number of benzene rings is 1. The topological polar surface area (TPSA) is 99.9 Å². The minimum atomic E-state index is -3.32. The highest BCUT2D eigenvalue weighted by molar-refractivity contribution is 7.90. The average molecular weight is 352 g/mol. The van der Waals surface area contributed by atoms with Crippen molar-refractivity contribution in [2.24, 2.45) is 0 Å². The third kappa shape index (κ3) is 4.02. The molecule has 1 aromatic heterocycles. The number of carbonyl (C=O) groups excluding carboxylic acids is 2. The van der Waals surface area contributed by atoms with Gasteiger partial charge in [0, 0.05) is 6.26 Å². The van der Waals surface area contributed by atoms with Crippen LogP contribution in [0.1, 0.15) is 32.2 Å². The van der Waals surface area contributed by atoms with Crippen molar-refractivity contribution in [3.63, 3.8) is 0 Å². The molecule has 24 heavy (non-hydrogen) atoms. The van der Waals surface area contributed by atoms with Crippen molar-refractivity contribution >= 4 is 21.8 Å². The molecule has 0 atom stereocenters. The molecule has 0 aliphatic carbocycles. The first-order valence-corrected chi connectivity index (χ1v) is 8.76. The molecule has 7 nitrogen and oxygen atoms in total. The molecule has 0 unspecified atom stereocenters. The van der Waals surface area contributed by atoms with Gasteiger partial charge in [-0.2, -0.15) is 0 Å². The maximum Gasteiger partial charge on any atom is 0.341 e. The van der Waals surface area contributed by atoms with E-state index in [2.05, 4.69) is 4.74 Å². The molecule has 2 aromatic rings. The van der Waals surface area contributed by atoms with E-state index < -0.39 is 21.8 Å². The molecule has 0 N–H and O–H groups in total. The van der Waals surface area contributed by atoms with E-state index in [9.17, 15) is 18.0 Å². The van der Waals surface area contributed by atoms with Gasteiger partial charge in [-0.1, -0.05) is 0 Å². The Morgan fingerprint density at radius 1 is 1.12 bits per heavy atom. The molecule has 0 saturated carbocycles. The minimum absolute atomic E-state index is 0.114.